The summed E-state index contributed by atoms with van der Waals surface area (Å²) in [5, 5.41) is 10.0. The summed E-state index contributed by atoms with van der Waals surface area (Å²) in [5.41, 5.74) is 1.37. The van der Waals surface area contributed by atoms with Crippen molar-refractivity contribution in [1.29, 1.82) is 0 Å². The van der Waals surface area contributed by atoms with Gasteiger partial charge in [-0.15, -0.1) is 0 Å². The van der Waals surface area contributed by atoms with E-state index in [2.05, 4.69) is 16.0 Å². The van der Waals surface area contributed by atoms with Gasteiger partial charge in [0.1, 0.15) is 5.82 Å². The Hall–Kier alpha value is -0.860. The van der Waals surface area contributed by atoms with Crippen molar-refractivity contribution in [3.63, 3.8) is 0 Å². The second-order valence-electron chi connectivity index (χ2n) is 2.74. The van der Waals surface area contributed by atoms with Gasteiger partial charge >= 0.3 is 0 Å². The zero-order valence-electron chi connectivity index (χ0n) is 6.04. The van der Waals surface area contributed by atoms with E-state index in [9.17, 15) is 0 Å². The molecule has 0 fully saturated rings. The highest BCUT2D eigenvalue weighted by molar-refractivity contribution is 5.14. The Morgan fingerprint density at radius 1 is 0.900 bits per heavy atom. The normalized spacial score (nSPS) is 24.0. The first-order valence-electron chi connectivity index (χ1n) is 3.91. The van der Waals surface area contributed by atoms with E-state index in [1.807, 2.05) is 0 Å². The summed E-state index contributed by atoms with van der Waals surface area (Å²) in [4.78, 5) is 0. The summed E-state index contributed by atoms with van der Waals surface area (Å²) in [6, 6.07) is 0. The van der Waals surface area contributed by atoms with Crippen LogP contribution < -0.4 is 16.0 Å². The van der Waals surface area contributed by atoms with Crippen LogP contribution in [0.5, 0.6) is 0 Å². The van der Waals surface area contributed by atoms with Crippen molar-refractivity contribution in [3.8, 4) is 0 Å². The van der Waals surface area contributed by atoms with E-state index in [1.54, 1.807) is 0 Å². The third-order valence-corrected chi connectivity index (χ3v) is 1.97. The fourth-order valence-corrected chi connectivity index (χ4v) is 1.46. The molecule has 0 aliphatic carbocycles. The second-order valence-corrected chi connectivity index (χ2v) is 2.74. The molecule has 0 atom stereocenters. The van der Waals surface area contributed by atoms with Gasteiger partial charge in [0.15, 0.2) is 0 Å². The van der Waals surface area contributed by atoms with Crippen molar-refractivity contribution in [2.75, 3.05) is 19.6 Å². The van der Waals surface area contributed by atoms with Crippen LogP contribution in [0.2, 0.25) is 0 Å². The highest BCUT2D eigenvalue weighted by Crippen LogP contribution is 2.10. The van der Waals surface area contributed by atoms with Gasteiger partial charge in [0, 0.05) is 19.6 Å². The smallest absolute Gasteiger partial charge is 0.118 e. The fourth-order valence-electron chi connectivity index (χ4n) is 1.46. The van der Waals surface area contributed by atoms with Crippen LogP contribution in [0.3, 0.4) is 0 Å². The van der Waals surface area contributed by atoms with E-state index >= 15 is 0 Å². The Morgan fingerprint density at radius 2 is 1.70 bits per heavy atom. The summed E-state index contributed by atoms with van der Waals surface area (Å²) < 4.78 is 0. The van der Waals surface area contributed by atoms with Crippen LogP contribution in [0.1, 0.15) is 12.8 Å². The topological polar surface area (TPSA) is 36.1 Å². The predicted molar refractivity (Wildman–Crippen MR) is 40.3 cm³/mol. The molecule has 3 N–H and O–H groups in total. The van der Waals surface area contributed by atoms with Gasteiger partial charge in [-0.2, -0.15) is 0 Å². The lowest BCUT2D eigenvalue weighted by Crippen LogP contribution is -2.43. The van der Waals surface area contributed by atoms with Gasteiger partial charge in [0.05, 0.1) is 5.70 Å². The van der Waals surface area contributed by atoms with Crippen LogP contribution in [0.15, 0.2) is 11.5 Å². The lowest BCUT2D eigenvalue weighted by molar-refractivity contribution is 0.518. The molecule has 2 aliphatic rings. The summed E-state index contributed by atoms with van der Waals surface area (Å²) in [5.74, 6) is 1.23. The van der Waals surface area contributed by atoms with Crippen molar-refractivity contribution >= 4 is 0 Å². The average Bonchev–Trinajstić information content (AvgIpc) is 2.05. The molecule has 3 nitrogen and oxygen atoms in total. The highest BCUT2D eigenvalue weighted by Gasteiger charge is 2.13. The zero-order valence-corrected chi connectivity index (χ0v) is 6.04. The molecule has 0 bridgehead atoms. The van der Waals surface area contributed by atoms with Gasteiger partial charge in [-0.3, -0.25) is 0 Å². The van der Waals surface area contributed by atoms with Crippen molar-refractivity contribution in [2.24, 2.45) is 0 Å². The van der Waals surface area contributed by atoms with Gasteiger partial charge in [0.25, 0.3) is 0 Å². The Kier molecular flexibility index (Phi) is 1.42. The van der Waals surface area contributed by atoms with Crippen LogP contribution in [0, 0.1) is 0 Å². The monoisotopic (exact) mass is 139 g/mol. The van der Waals surface area contributed by atoms with Crippen LogP contribution in [0.4, 0.5) is 0 Å². The molecule has 3 heteroatoms. The number of nitrogens with one attached hydrogen (secondary N) is 3. The van der Waals surface area contributed by atoms with Gasteiger partial charge < -0.3 is 16.0 Å². The van der Waals surface area contributed by atoms with Crippen LogP contribution in [0.25, 0.3) is 0 Å². The van der Waals surface area contributed by atoms with E-state index in [1.165, 1.54) is 24.4 Å². The standard InChI is InChI=1S/C7H13N3/c1-2-6-7(9-3-1)10-5-4-8-6/h8-10H,1-5H2. The second kappa shape index (κ2) is 2.40. The summed E-state index contributed by atoms with van der Waals surface area (Å²) >= 11 is 0. The maximum atomic E-state index is 3.38. The molecule has 0 unspecified atom stereocenters. The van der Waals surface area contributed by atoms with Crippen molar-refractivity contribution in [2.45, 2.75) is 12.8 Å². The highest BCUT2D eigenvalue weighted by atomic mass is 15.2. The largest absolute Gasteiger partial charge is 0.384 e. The predicted octanol–water partition coefficient (Wildman–Crippen LogP) is -0.268. The maximum Gasteiger partial charge on any atom is 0.118 e. The van der Waals surface area contributed by atoms with Crippen LogP contribution >= 0.6 is 0 Å². The number of hydrogen-bond acceptors (Lipinski definition) is 3. The van der Waals surface area contributed by atoms with Gasteiger partial charge in [-0.1, -0.05) is 0 Å². The molecular weight excluding hydrogens is 126 g/mol. The first-order chi connectivity index (χ1) is 4.97. The average molecular weight is 139 g/mol. The van der Waals surface area contributed by atoms with Gasteiger partial charge in [0.2, 0.25) is 0 Å². The van der Waals surface area contributed by atoms with Crippen molar-refractivity contribution in [1.82, 2.24) is 16.0 Å². The van der Waals surface area contributed by atoms with E-state index in [0.717, 1.165) is 19.6 Å². The Balaban J connectivity index is 2.14. The molecule has 0 aromatic rings. The summed E-state index contributed by atoms with van der Waals surface area (Å²) in [6.45, 7) is 3.24. The Bertz CT molecular complexity index is 128. The van der Waals surface area contributed by atoms with Crippen molar-refractivity contribution in [3.05, 3.63) is 11.5 Å². The number of allylic oxidation sites excluding steroid dienone is 1. The summed E-state index contributed by atoms with van der Waals surface area (Å²) in [7, 11) is 0. The Labute approximate surface area is 60.9 Å². The van der Waals surface area contributed by atoms with E-state index in [4.69, 9.17) is 0 Å². The molecule has 2 heterocycles. The van der Waals surface area contributed by atoms with Crippen LogP contribution in [-0.4, -0.2) is 19.6 Å². The summed E-state index contributed by atoms with van der Waals surface area (Å²) in [6.07, 6.45) is 2.46. The molecular formula is C7H13N3. The quantitative estimate of drug-likeness (QED) is 0.432. The zero-order chi connectivity index (χ0) is 6.81. The maximum absolute atomic E-state index is 3.38. The number of rotatable bonds is 0. The molecule has 56 valence electrons. The minimum absolute atomic E-state index is 1.05. The molecule has 10 heavy (non-hydrogen) atoms. The van der Waals surface area contributed by atoms with E-state index in [-0.39, 0.29) is 0 Å². The molecule has 0 saturated heterocycles. The lowest BCUT2D eigenvalue weighted by Gasteiger charge is -2.28. The van der Waals surface area contributed by atoms with Gasteiger partial charge in [-0.25, -0.2) is 0 Å². The molecule has 0 aromatic heterocycles. The molecule has 2 rings (SSSR count). The van der Waals surface area contributed by atoms with Crippen LogP contribution in [-0.2, 0) is 0 Å². The molecule has 0 aromatic carbocycles. The molecule has 0 amide bonds. The third-order valence-electron chi connectivity index (χ3n) is 1.97. The molecule has 2 aliphatic heterocycles. The number of hydrogen-bond donors (Lipinski definition) is 3. The van der Waals surface area contributed by atoms with Crippen molar-refractivity contribution < 1.29 is 0 Å². The molecule has 0 radical (unpaired) electrons. The first-order valence-corrected chi connectivity index (χ1v) is 3.91. The fraction of sp³-hybridized carbons (Fsp3) is 0.714. The van der Waals surface area contributed by atoms with Gasteiger partial charge in [-0.05, 0) is 12.8 Å². The molecule has 0 spiro atoms. The molecule has 0 saturated carbocycles. The minimum Gasteiger partial charge on any atom is -0.384 e. The third kappa shape index (κ3) is 0.916. The van der Waals surface area contributed by atoms with E-state index in [0.29, 0.717) is 0 Å². The Morgan fingerprint density at radius 3 is 2.60 bits per heavy atom. The lowest BCUT2D eigenvalue weighted by atomic mass is 10.1. The SMILES string of the molecule is C1CNC2=C(C1)NCCN2. The van der Waals surface area contributed by atoms with E-state index < -0.39 is 0 Å². The first kappa shape index (κ1) is 5.89. The minimum atomic E-state index is 1.05.